The van der Waals surface area contributed by atoms with E-state index in [2.05, 4.69) is 37.3 Å². The normalized spacial score (nSPS) is 23.6. The van der Waals surface area contributed by atoms with Gasteiger partial charge in [-0.3, -0.25) is 0 Å². The molecule has 1 fully saturated rings. The first-order valence-electron chi connectivity index (χ1n) is 8.89. The smallest absolute Gasteiger partial charge is 0.0854 e. The third kappa shape index (κ3) is 4.62. The fourth-order valence-electron chi connectivity index (χ4n) is 3.37. The van der Waals surface area contributed by atoms with Crippen molar-refractivity contribution in [1.82, 2.24) is 0 Å². The summed E-state index contributed by atoms with van der Waals surface area (Å²) in [5, 5.41) is 20.1. The highest BCUT2D eigenvalue weighted by molar-refractivity contribution is 6.31. The standard InChI is InChI=1S/C21H25ClO3/c1-2-14-3-5-15(6-4-14)9-17-10-16(7-8-20(17)22)21-12-18(24)11-19(13-23)25-21/h3-8,10,18-19,21,23-24H,2,9,11-13H2,1H3/t18?,19-,21+/m0/s1. The lowest BCUT2D eigenvalue weighted by Crippen LogP contribution is -2.33. The molecule has 0 bridgehead atoms. The molecular weight excluding hydrogens is 336 g/mol. The molecule has 25 heavy (non-hydrogen) atoms. The molecule has 1 aliphatic rings. The number of rotatable bonds is 5. The second-order valence-corrected chi connectivity index (χ2v) is 7.16. The topological polar surface area (TPSA) is 49.7 Å². The molecule has 1 aliphatic heterocycles. The number of benzene rings is 2. The average molecular weight is 361 g/mol. The Morgan fingerprint density at radius 2 is 1.80 bits per heavy atom. The maximum absolute atomic E-state index is 10.0. The number of hydrogen-bond acceptors (Lipinski definition) is 3. The Bertz CT molecular complexity index is 699. The van der Waals surface area contributed by atoms with E-state index in [1.165, 1.54) is 11.1 Å². The molecular formula is C21H25ClO3. The van der Waals surface area contributed by atoms with Gasteiger partial charge in [-0.1, -0.05) is 54.9 Å². The van der Waals surface area contributed by atoms with Gasteiger partial charge in [-0.25, -0.2) is 0 Å². The SMILES string of the molecule is CCc1ccc(Cc2cc([C@H]3CC(O)C[C@@H](CO)O3)ccc2Cl)cc1. The summed E-state index contributed by atoms with van der Waals surface area (Å²) in [6.45, 7) is 2.07. The maximum Gasteiger partial charge on any atom is 0.0854 e. The molecule has 0 radical (unpaired) electrons. The number of aliphatic hydroxyl groups excluding tert-OH is 2. The Kier molecular flexibility index (Phi) is 6.13. The van der Waals surface area contributed by atoms with E-state index in [1.54, 1.807) is 0 Å². The summed E-state index contributed by atoms with van der Waals surface area (Å²) in [6.07, 6.45) is 1.85. The van der Waals surface area contributed by atoms with E-state index in [9.17, 15) is 10.2 Å². The van der Waals surface area contributed by atoms with Crippen molar-refractivity contribution in [3.8, 4) is 0 Å². The van der Waals surface area contributed by atoms with Crippen LogP contribution in [0.2, 0.25) is 5.02 Å². The fraction of sp³-hybridized carbons (Fsp3) is 0.429. The third-order valence-corrected chi connectivity index (χ3v) is 5.22. The van der Waals surface area contributed by atoms with Crippen molar-refractivity contribution < 1.29 is 14.9 Å². The van der Waals surface area contributed by atoms with Gasteiger partial charge < -0.3 is 14.9 Å². The molecule has 134 valence electrons. The van der Waals surface area contributed by atoms with Gasteiger partial charge in [0.1, 0.15) is 0 Å². The molecule has 0 aromatic heterocycles. The molecule has 0 aliphatic carbocycles. The van der Waals surface area contributed by atoms with E-state index >= 15 is 0 Å². The maximum atomic E-state index is 10.0. The zero-order chi connectivity index (χ0) is 17.8. The van der Waals surface area contributed by atoms with Crippen LogP contribution in [0.4, 0.5) is 0 Å². The van der Waals surface area contributed by atoms with E-state index in [1.807, 2.05) is 12.1 Å². The first kappa shape index (κ1) is 18.4. The van der Waals surface area contributed by atoms with E-state index < -0.39 is 6.10 Å². The number of aryl methyl sites for hydroxylation is 1. The van der Waals surface area contributed by atoms with Crippen LogP contribution >= 0.6 is 11.6 Å². The van der Waals surface area contributed by atoms with Crippen molar-refractivity contribution >= 4 is 11.6 Å². The number of ether oxygens (including phenoxy) is 1. The van der Waals surface area contributed by atoms with Crippen molar-refractivity contribution in [1.29, 1.82) is 0 Å². The molecule has 2 N–H and O–H groups in total. The van der Waals surface area contributed by atoms with Gasteiger partial charge in [-0.05, 0) is 41.2 Å². The predicted molar refractivity (Wildman–Crippen MR) is 100 cm³/mol. The van der Waals surface area contributed by atoms with E-state index in [4.69, 9.17) is 16.3 Å². The molecule has 2 aromatic rings. The molecule has 2 aromatic carbocycles. The first-order chi connectivity index (χ1) is 12.1. The molecule has 3 atom stereocenters. The lowest BCUT2D eigenvalue weighted by atomic mass is 9.94. The molecule has 1 saturated heterocycles. The second kappa shape index (κ2) is 8.33. The van der Waals surface area contributed by atoms with Crippen molar-refractivity contribution in [3.63, 3.8) is 0 Å². The van der Waals surface area contributed by atoms with Gasteiger partial charge >= 0.3 is 0 Å². The second-order valence-electron chi connectivity index (χ2n) is 6.75. The Hall–Kier alpha value is -1.39. The summed E-state index contributed by atoms with van der Waals surface area (Å²) >= 11 is 6.40. The Morgan fingerprint density at radius 3 is 2.48 bits per heavy atom. The van der Waals surface area contributed by atoms with Crippen LogP contribution < -0.4 is 0 Å². The van der Waals surface area contributed by atoms with Gasteiger partial charge in [0, 0.05) is 17.9 Å². The minimum atomic E-state index is -0.448. The summed E-state index contributed by atoms with van der Waals surface area (Å²) in [7, 11) is 0. The summed E-state index contributed by atoms with van der Waals surface area (Å²) in [5.74, 6) is 0. The predicted octanol–water partition coefficient (Wildman–Crippen LogP) is 4.07. The van der Waals surface area contributed by atoms with Crippen LogP contribution in [-0.2, 0) is 17.6 Å². The average Bonchev–Trinajstić information content (AvgIpc) is 2.63. The summed E-state index contributed by atoms with van der Waals surface area (Å²) in [5.41, 5.74) is 4.59. The monoisotopic (exact) mass is 360 g/mol. The van der Waals surface area contributed by atoms with Gasteiger partial charge in [0.25, 0.3) is 0 Å². The van der Waals surface area contributed by atoms with E-state index in [-0.39, 0.29) is 18.8 Å². The van der Waals surface area contributed by atoms with Crippen LogP contribution in [-0.4, -0.2) is 29.0 Å². The largest absolute Gasteiger partial charge is 0.394 e. The number of halogens is 1. The van der Waals surface area contributed by atoms with Crippen LogP contribution in [0.25, 0.3) is 0 Å². The van der Waals surface area contributed by atoms with E-state index in [0.717, 1.165) is 29.0 Å². The lowest BCUT2D eigenvalue weighted by molar-refractivity contribution is -0.113. The van der Waals surface area contributed by atoms with Crippen LogP contribution in [0.5, 0.6) is 0 Å². The Labute approximate surface area is 154 Å². The molecule has 1 heterocycles. The van der Waals surface area contributed by atoms with Crippen molar-refractivity contribution in [2.24, 2.45) is 0 Å². The quantitative estimate of drug-likeness (QED) is 0.845. The highest BCUT2D eigenvalue weighted by atomic mass is 35.5. The molecule has 4 heteroatoms. The first-order valence-corrected chi connectivity index (χ1v) is 9.27. The molecule has 0 spiro atoms. The van der Waals surface area contributed by atoms with Crippen molar-refractivity contribution in [2.45, 2.75) is 50.9 Å². The van der Waals surface area contributed by atoms with Gasteiger partial charge in [0.2, 0.25) is 0 Å². The molecule has 0 amide bonds. The van der Waals surface area contributed by atoms with Crippen LogP contribution in [0.15, 0.2) is 42.5 Å². The summed E-state index contributed by atoms with van der Waals surface area (Å²) < 4.78 is 5.91. The molecule has 3 rings (SSSR count). The van der Waals surface area contributed by atoms with E-state index in [0.29, 0.717) is 12.8 Å². The van der Waals surface area contributed by atoms with Crippen molar-refractivity contribution in [3.05, 3.63) is 69.7 Å². The number of aliphatic hydroxyl groups is 2. The summed E-state index contributed by atoms with van der Waals surface area (Å²) in [4.78, 5) is 0. The molecule has 3 nitrogen and oxygen atoms in total. The van der Waals surface area contributed by atoms with Gasteiger partial charge in [0.05, 0.1) is 24.9 Å². The number of hydrogen-bond donors (Lipinski definition) is 2. The highest BCUT2D eigenvalue weighted by Crippen LogP contribution is 2.33. The Morgan fingerprint density at radius 1 is 1.08 bits per heavy atom. The fourth-order valence-corrected chi connectivity index (χ4v) is 3.55. The van der Waals surface area contributed by atoms with Gasteiger partial charge in [0.15, 0.2) is 0 Å². The van der Waals surface area contributed by atoms with Crippen LogP contribution in [0.1, 0.15) is 48.1 Å². The van der Waals surface area contributed by atoms with Crippen molar-refractivity contribution in [2.75, 3.05) is 6.61 Å². The molecule has 1 unspecified atom stereocenters. The zero-order valence-electron chi connectivity index (χ0n) is 14.5. The molecule has 0 saturated carbocycles. The summed E-state index contributed by atoms with van der Waals surface area (Å²) in [6, 6.07) is 14.5. The lowest BCUT2D eigenvalue weighted by Gasteiger charge is -2.32. The zero-order valence-corrected chi connectivity index (χ0v) is 15.2. The van der Waals surface area contributed by atoms with Gasteiger partial charge in [-0.15, -0.1) is 0 Å². The minimum Gasteiger partial charge on any atom is -0.394 e. The van der Waals surface area contributed by atoms with Crippen LogP contribution in [0, 0.1) is 0 Å². The Balaban J connectivity index is 1.79. The van der Waals surface area contributed by atoms with Crippen LogP contribution in [0.3, 0.4) is 0 Å². The van der Waals surface area contributed by atoms with Gasteiger partial charge in [-0.2, -0.15) is 0 Å². The minimum absolute atomic E-state index is 0.0716. The third-order valence-electron chi connectivity index (χ3n) is 4.85. The highest BCUT2D eigenvalue weighted by Gasteiger charge is 2.29.